The van der Waals surface area contributed by atoms with Gasteiger partial charge in [-0.3, -0.25) is 14.4 Å². The van der Waals surface area contributed by atoms with Crippen molar-refractivity contribution in [1.29, 1.82) is 0 Å². The number of carbonyl (C=O) groups excluding carboxylic acids is 3. The first kappa shape index (κ1) is 18.0. The molecule has 0 aliphatic rings. The number of benzene rings is 1. The third-order valence-corrected chi connectivity index (χ3v) is 4.18. The van der Waals surface area contributed by atoms with Crippen molar-refractivity contribution in [3.8, 4) is 0 Å². The van der Waals surface area contributed by atoms with Crippen LogP contribution in [0, 0.1) is 6.92 Å². The molecule has 126 valence electrons. The van der Waals surface area contributed by atoms with Gasteiger partial charge in [-0.1, -0.05) is 23.7 Å². The molecule has 2 rings (SSSR count). The molecule has 6 nitrogen and oxygen atoms in total. The van der Waals surface area contributed by atoms with Crippen LogP contribution < -0.4 is 16.0 Å². The van der Waals surface area contributed by atoms with Crippen LogP contribution in [0.25, 0.3) is 0 Å². The lowest BCUT2D eigenvalue weighted by atomic mass is 10.2. The Labute approximate surface area is 148 Å². The predicted octanol–water partition coefficient (Wildman–Crippen LogP) is 2.19. The molecule has 3 N–H and O–H groups in total. The lowest BCUT2D eigenvalue weighted by Crippen LogP contribution is -2.40. The Balaban J connectivity index is 1.73. The van der Waals surface area contributed by atoms with E-state index < -0.39 is 11.8 Å². The molecule has 24 heavy (non-hydrogen) atoms. The second-order valence-electron chi connectivity index (χ2n) is 4.97. The van der Waals surface area contributed by atoms with Crippen molar-refractivity contribution in [1.82, 2.24) is 10.6 Å². The Hall–Kier alpha value is -2.38. The maximum absolute atomic E-state index is 11.8. The SMILES string of the molecule is Cc1ccc(NC(=O)CNC(=O)CNC(=O)c2cccs2)c(Cl)c1. The molecule has 2 aromatic rings. The van der Waals surface area contributed by atoms with Crippen LogP contribution in [0.15, 0.2) is 35.7 Å². The zero-order chi connectivity index (χ0) is 17.5. The third-order valence-electron chi connectivity index (χ3n) is 3.00. The van der Waals surface area contributed by atoms with Crippen molar-refractivity contribution in [2.75, 3.05) is 18.4 Å². The first-order valence-corrected chi connectivity index (χ1v) is 8.36. The van der Waals surface area contributed by atoms with Gasteiger partial charge in [0.15, 0.2) is 0 Å². The second kappa shape index (κ2) is 8.47. The molecule has 1 aromatic carbocycles. The minimum Gasteiger partial charge on any atom is -0.345 e. The van der Waals surface area contributed by atoms with Gasteiger partial charge < -0.3 is 16.0 Å². The first-order chi connectivity index (χ1) is 11.5. The highest BCUT2D eigenvalue weighted by molar-refractivity contribution is 7.12. The second-order valence-corrected chi connectivity index (χ2v) is 6.32. The largest absolute Gasteiger partial charge is 0.345 e. The number of halogens is 1. The van der Waals surface area contributed by atoms with E-state index in [0.717, 1.165) is 5.56 Å². The molecule has 0 bridgehead atoms. The van der Waals surface area contributed by atoms with E-state index in [2.05, 4.69) is 16.0 Å². The molecule has 3 amide bonds. The highest BCUT2D eigenvalue weighted by Gasteiger charge is 2.10. The number of rotatable bonds is 6. The van der Waals surface area contributed by atoms with Gasteiger partial charge in [-0.2, -0.15) is 0 Å². The number of carbonyl (C=O) groups is 3. The number of hydrogen-bond donors (Lipinski definition) is 3. The van der Waals surface area contributed by atoms with Crippen LogP contribution in [-0.2, 0) is 9.59 Å². The van der Waals surface area contributed by atoms with Gasteiger partial charge in [0.1, 0.15) is 0 Å². The van der Waals surface area contributed by atoms with Crippen LogP contribution in [-0.4, -0.2) is 30.8 Å². The Morgan fingerprint density at radius 1 is 1.08 bits per heavy atom. The number of aryl methyl sites for hydroxylation is 1. The number of amides is 3. The van der Waals surface area contributed by atoms with Crippen LogP contribution in [0.4, 0.5) is 5.69 Å². The van der Waals surface area contributed by atoms with Crippen LogP contribution >= 0.6 is 22.9 Å². The van der Waals surface area contributed by atoms with Crippen molar-refractivity contribution < 1.29 is 14.4 Å². The number of hydrogen-bond acceptors (Lipinski definition) is 4. The van der Waals surface area contributed by atoms with Gasteiger partial charge in [0.05, 0.1) is 28.7 Å². The third kappa shape index (κ3) is 5.36. The van der Waals surface area contributed by atoms with Crippen LogP contribution in [0.5, 0.6) is 0 Å². The van der Waals surface area contributed by atoms with E-state index in [9.17, 15) is 14.4 Å². The fourth-order valence-electron chi connectivity index (χ4n) is 1.81. The number of nitrogens with one attached hydrogen (secondary N) is 3. The van der Waals surface area contributed by atoms with Gasteiger partial charge in [-0.05, 0) is 36.1 Å². The Morgan fingerprint density at radius 2 is 1.83 bits per heavy atom. The Bertz CT molecular complexity index is 747. The molecule has 0 atom stereocenters. The van der Waals surface area contributed by atoms with E-state index in [-0.39, 0.29) is 19.0 Å². The number of anilines is 1. The van der Waals surface area contributed by atoms with Crippen molar-refractivity contribution in [2.45, 2.75) is 6.92 Å². The molecular formula is C16H16ClN3O3S. The molecule has 8 heteroatoms. The minimum atomic E-state index is -0.454. The lowest BCUT2D eigenvalue weighted by Gasteiger charge is -2.09. The monoisotopic (exact) mass is 365 g/mol. The van der Waals surface area contributed by atoms with Crippen molar-refractivity contribution in [3.63, 3.8) is 0 Å². The summed E-state index contributed by atoms with van der Waals surface area (Å²) < 4.78 is 0. The van der Waals surface area contributed by atoms with E-state index >= 15 is 0 Å². The minimum absolute atomic E-state index is 0.199. The zero-order valence-electron chi connectivity index (χ0n) is 12.9. The van der Waals surface area contributed by atoms with Crippen molar-refractivity contribution in [2.24, 2.45) is 0 Å². The van der Waals surface area contributed by atoms with E-state index in [4.69, 9.17) is 11.6 Å². The summed E-state index contributed by atoms with van der Waals surface area (Å²) in [5, 5.41) is 9.72. The van der Waals surface area contributed by atoms with E-state index in [1.165, 1.54) is 11.3 Å². The van der Waals surface area contributed by atoms with Gasteiger partial charge in [0.25, 0.3) is 5.91 Å². The van der Waals surface area contributed by atoms with Gasteiger partial charge in [-0.25, -0.2) is 0 Å². The average molecular weight is 366 g/mol. The van der Waals surface area contributed by atoms with Crippen LogP contribution in [0.1, 0.15) is 15.2 Å². The molecule has 1 heterocycles. The van der Waals surface area contributed by atoms with Gasteiger partial charge in [-0.15, -0.1) is 11.3 Å². The molecule has 0 aliphatic heterocycles. The molecule has 0 saturated carbocycles. The van der Waals surface area contributed by atoms with Crippen LogP contribution in [0.3, 0.4) is 0 Å². The van der Waals surface area contributed by atoms with Crippen LogP contribution in [0.2, 0.25) is 5.02 Å². The lowest BCUT2D eigenvalue weighted by molar-refractivity contribution is -0.123. The molecule has 0 saturated heterocycles. The van der Waals surface area contributed by atoms with E-state index in [1.54, 1.807) is 29.6 Å². The highest BCUT2D eigenvalue weighted by Crippen LogP contribution is 2.22. The summed E-state index contributed by atoms with van der Waals surface area (Å²) in [7, 11) is 0. The van der Waals surface area contributed by atoms with E-state index in [0.29, 0.717) is 15.6 Å². The topological polar surface area (TPSA) is 87.3 Å². The molecule has 0 radical (unpaired) electrons. The van der Waals surface area contributed by atoms with Gasteiger partial charge >= 0.3 is 0 Å². The summed E-state index contributed by atoms with van der Waals surface area (Å²) in [6.45, 7) is 1.48. The Kier molecular flexibility index (Phi) is 6.34. The number of thiophene rings is 1. The maximum atomic E-state index is 11.8. The molecule has 1 aromatic heterocycles. The summed E-state index contributed by atoms with van der Waals surface area (Å²) in [6.07, 6.45) is 0. The molecule has 0 unspecified atom stereocenters. The van der Waals surface area contributed by atoms with Gasteiger partial charge in [0.2, 0.25) is 11.8 Å². The van der Waals surface area contributed by atoms with Crippen molar-refractivity contribution >= 4 is 46.3 Å². The van der Waals surface area contributed by atoms with E-state index in [1.807, 2.05) is 13.0 Å². The average Bonchev–Trinajstić information content (AvgIpc) is 3.08. The van der Waals surface area contributed by atoms with Crippen molar-refractivity contribution in [3.05, 3.63) is 51.2 Å². The molecule has 0 aliphatic carbocycles. The maximum Gasteiger partial charge on any atom is 0.261 e. The van der Waals surface area contributed by atoms with Gasteiger partial charge in [0, 0.05) is 0 Å². The zero-order valence-corrected chi connectivity index (χ0v) is 14.5. The summed E-state index contributed by atoms with van der Waals surface area (Å²) >= 11 is 7.31. The fraction of sp³-hybridized carbons (Fsp3) is 0.188. The molecule has 0 spiro atoms. The molecule has 0 fully saturated rings. The summed E-state index contributed by atoms with van der Waals surface area (Å²) in [5.41, 5.74) is 1.46. The fourth-order valence-corrected chi connectivity index (χ4v) is 2.74. The smallest absolute Gasteiger partial charge is 0.261 e. The highest BCUT2D eigenvalue weighted by atomic mass is 35.5. The normalized spacial score (nSPS) is 10.1. The summed E-state index contributed by atoms with van der Waals surface area (Å²) in [4.78, 5) is 35.7. The quantitative estimate of drug-likeness (QED) is 0.733. The molecular weight excluding hydrogens is 350 g/mol. The predicted molar refractivity (Wildman–Crippen MR) is 94.5 cm³/mol. The summed E-state index contributed by atoms with van der Waals surface area (Å²) in [6, 6.07) is 8.66. The summed E-state index contributed by atoms with van der Waals surface area (Å²) in [5.74, 6) is -1.18. The Morgan fingerprint density at radius 3 is 2.50 bits per heavy atom. The standard InChI is InChI=1S/C16H16ClN3O3S/c1-10-4-5-12(11(17)7-10)20-15(22)9-18-14(21)8-19-16(23)13-3-2-6-24-13/h2-7H,8-9H2,1H3,(H,18,21)(H,19,23)(H,20,22). The first-order valence-electron chi connectivity index (χ1n) is 7.10.